The number of carbonyl (C=O) groups is 1. The van der Waals surface area contributed by atoms with Crippen molar-refractivity contribution in [2.45, 2.75) is 25.1 Å². The van der Waals surface area contributed by atoms with Crippen molar-refractivity contribution >= 4 is 5.91 Å². The molecule has 0 saturated carbocycles. The average Bonchev–Trinajstić information content (AvgIpc) is 2.74. The molecule has 1 aromatic carbocycles. The number of nitriles is 1. The summed E-state index contributed by atoms with van der Waals surface area (Å²) in [7, 11) is 3.88. The van der Waals surface area contributed by atoms with Crippen molar-refractivity contribution in [1.82, 2.24) is 9.80 Å². The number of benzene rings is 1. The van der Waals surface area contributed by atoms with Gasteiger partial charge in [0.05, 0.1) is 11.6 Å². The van der Waals surface area contributed by atoms with Gasteiger partial charge in [-0.05, 0) is 51.7 Å². The zero-order valence-corrected chi connectivity index (χ0v) is 13.0. The zero-order valence-electron chi connectivity index (χ0n) is 13.0. The normalized spacial score (nSPS) is 17.5. The van der Waals surface area contributed by atoms with E-state index < -0.39 is 17.8 Å². The van der Waals surface area contributed by atoms with Crippen LogP contribution in [0.15, 0.2) is 18.2 Å². The quantitative estimate of drug-likeness (QED) is 0.782. The minimum Gasteiger partial charge on any atom is -0.318 e. The molecule has 0 radical (unpaired) electrons. The molecular weight excluding hydrogens is 307 g/mol. The van der Waals surface area contributed by atoms with Gasteiger partial charge in [0.1, 0.15) is 6.04 Å². The van der Waals surface area contributed by atoms with Crippen molar-refractivity contribution in [3.05, 3.63) is 34.9 Å². The van der Waals surface area contributed by atoms with Gasteiger partial charge in [0.2, 0.25) is 0 Å². The van der Waals surface area contributed by atoms with Gasteiger partial charge < -0.3 is 9.80 Å². The molecule has 2 rings (SSSR count). The summed E-state index contributed by atoms with van der Waals surface area (Å²) in [5.74, 6) is -0.370. The van der Waals surface area contributed by atoms with Gasteiger partial charge in [0.15, 0.2) is 0 Å². The van der Waals surface area contributed by atoms with Crippen LogP contribution in [0.1, 0.15) is 40.4 Å². The second-order valence-electron chi connectivity index (χ2n) is 5.84. The van der Waals surface area contributed by atoms with E-state index in [-0.39, 0.29) is 17.0 Å². The summed E-state index contributed by atoms with van der Waals surface area (Å²) in [5, 5.41) is 9.31. The number of fused-ring (bicyclic) bond motifs is 1. The third-order valence-electron chi connectivity index (χ3n) is 3.85. The highest BCUT2D eigenvalue weighted by molar-refractivity contribution is 5.99. The fourth-order valence-corrected chi connectivity index (χ4v) is 2.68. The van der Waals surface area contributed by atoms with Crippen molar-refractivity contribution in [2.75, 3.05) is 27.2 Å². The van der Waals surface area contributed by atoms with Crippen LogP contribution < -0.4 is 0 Å². The number of unbranched alkanes of at least 4 members (excludes halogenated alkanes) is 1. The lowest BCUT2D eigenvalue weighted by Gasteiger charge is -2.20. The van der Waals surface area contributed by atoms with Crippen LogP contribution in [0.4, 0.5) is 13.2 Å². The molecule has 23 heavy (non-hydrogen) atoms. The predicted molar refractivity (Wildman–Crippen MR) is 78.6 cm³/mol. The number of amides is 1. The van der Waals surface area contributed by atoms with E-state index in [9.17, 15) is 23.2 Å². The molecule has 0 saturated heterocycles. The maximum absolute atomic E-state index is 12.8. The minimum atomic E-state index is -4.49. The molecular formula is C16H18F3N3O. The summed E-state index contributed by atoms with van der Waals surface area (Å²) in [5.41, 5.74) is -0.490. The van der Waals surface area contributed by atoms with Gasteiger partial charge in [0, 0.05) is 17.7 Å². The first-order valence-corrected chi connectivity index (χ1v) is 7.32. The zero-order chi connectivity index (χ0) is 17.2. The van der Waals surface area contributed by atoms with E-state index in [0.717, 1.165) is 25.1 Å². The predicted octanol–water partition coefficient (Wildman–Crippen LogP) is 3.07. The lowest BCUT2D eigenvalue weighted by molar-refractivity contribution is -0.137. The van der Waals surface area contributed by atoms with Crippen LogP contribution in [0, 0.1) is 11.3 Å². The third kappa shape index (κ3) is 3.64. The first kappa shape index (κ1) is 17.3. The van der Waals surface area contributed by atoms with Gasteiger partial charge in [-0.15, -0.1) is 0 Å². The van der Waals surface area contributed by atoms with Gasteiger partial charge >= 0.3 is 6.18 Å². The molecule has 0 fully saturated rings. The molecule has 1 aromatic rings. The molecule has 7 heteroatoms. The van der Waals surface area contributed by atoms with E-state index >= 15 is 0 Å². The van der Waals surface area contributed by atoms with Crippen molar-refractivity contribution in [2.24, 2.45) is 0 Å². The monoisotopic (exact) mass is 325 g/mol. The van der Waals surface area contributed by atoms with Crippen LogP contribution in [0.2, 0.25) is 0 Å². The lowest BCUT2D eigenvalue weighted by Crippen LogP contribution is -2.29. The van der Waals surface area contributed by atoms with E-state index in [1.54, 1.807) is 0 Å². The average molecular weight is 325 g/mol. The number of carbonyl (C=O) groups excluding carboxylic acids is 1. The van der Waals surface area contributed by atoms with Crippen LogP contribution >= 0.6 is 0 Å². The van der Waals surface area contributed by atoms with Crippen molar-refractivity contribution in [1.29, 1.82) is 5.26 Å². The first-order valence-electron chi connectivity index (χ1n) is 7.32. The maximum Gasteiger partial charge on any atom is 0.416 e. The number of nitrogens with zero attached hydrogens (tertiary/aromatic N) is 3. The molecule has 1 aliphatic rings. The topological polar surface area (TPSA) is 47.3 Å². The molecule has 1 atom stereocenters. The summed E-state index contributed by atoms with van der Waals surface area (Å²) in [4.78, 5) is 15.7. The molecule has 0 N–H and O–H groups in total. The largest absolute Gasteiger partial charge is 0.416 e. The van der Waals surface area contributed by atoms with Crippen LogP contribution in [-0.2, 0) is 6.18 Å². The van der Waals surface area contributed by atoms with Crippen molar-refractivity contribution in [3.63, 3.8) is 0 Å². The Kier molecular flexibility index (Phi) is 4.95. The van der Waals surface area contributed by atoms with E-state index in [4.69, 9.17) is 0 Å². The summed E-state index contributed by atoms with van der Waals surface area (Å²) >= 11 is 0. The standard InChI is InChI=1S/C16H18F3N3O/c1-21(2)7-3-4-8-22-14(10-20)13-9-11(16(17,18)19)5-6-12(13)15(22)23/h5-6,9,14H,3-4,7-8H2,1-2H3. The minimum absolute atomic E-state index is 0.153. The maximum atomic E-state index is 12.8. The Morgan fingerprint density at radius 2 is 2.00 bits per heavy atom. The molecule has 0 spiro atoms. The number of alkyl halides is 3. The molecule has 4 nitrogen and oxygen atoms in total. The van der Waals surface area contributed by atoms with Gasteiger partial charge in [-0.2, -0.15) is 18.4 Å². The smallest absolute Gasteiger partial charge is 0.318 e. The Morgan fingerprint density at radius 3 is 2.57 bits per heavy atom. The Morgan fingerprint density at radius 1 is 1.30 bits per heavy atom. The molecule has 1 amide bonds. The fraction of sp³-hybridized carbons (Fsp3) is 0.500. The summed E-state index contributed by atoms with van der Waals surface area (Å²) < 4.78 is 38.5. The number of hydrogen-bond acceptors (Lipinski definition) is 3. The van der Waals surface area contributed by atoms with Crippen molar-refractivity contribution < 1.29 is 18.0 Å². The molecule has 0 bridgehead atoms. The molecule has 1 aliphatic heterocycles. The number of rotatable bonds is 5. The lowest BCUT2D eigenvalue weighted by atomic mass is 10.0. The van der Waals surface area contributed by atoms with Crippen LogP contribution in [-0.4, -0.2) is 42.9 Å². The van der Waals surface area contributed by atoms with E-state index in [0.29, 0.717) is 13.0 Å². The van der Waals surface area contributed by atoms with Gasteiger partial charge in [-0.3, -0.25) is 4.79 Å². The molecule has 0 aliphatic carbocycles. The second kappa shape index (κ2) is 6.59. The van der Waals surface area contributed by atoms with Crippen LogP contribution in [0.25, 0.3) is 0 Å². The summed E-state index contributed by atoms with van der Waals surface area (Å²) in [6.45, 7) is 1.21. The van der Waals surface area contributed by atoms with Gasteiger partial charge in [0.25, 0.3) is 5.91 Å². The Hall–Kier alpha value is -2.07. The molecule has 124 valence electrons. The second-order valence-corrected chi connectivity index (χ2v) is 5.84. The highest BCUT2D eigenvalue weighted by Gasteiger charge is 2.39. The highest BCUT2D eigenvalue weighted by atomic mass is 19.4. The van der Waals surface area contributed by atoms with E-state index in [1.807, 2.05) is 25.1 Å². The fourth-order valence-electron chi connectivity index (χ4n) is 2.68. The molecule has 1 heterocycles. The summed E-state index contributed by atoms with van der Waals surface area (Å²) in [6, 6.07) is 3.99. The van der Waals surface area contributed by atoms with Crippen LogP contribution in [0.3, 0.4) is 0 Å². The number of halogens is 3. The molecule has 0 aromatic heterocycles. The highest BCUT2D eigenvalue weighted by Crippen LogP contribution is 2.38. The van der Waals surface area contributed by atoms with Gasteiger partial charge in [-0.25, -0.2) is 0 Å². The Bertz CT molecular complexity index is 634. The SMILES string of the molecule is CN(C)CCCCN1C(=O)c2ccc(C(F)(F)F)cc2C1C#N. The number of hydrogen-bond donors (Lipinski definition) is 0. The molecule has 1 unspecified atom stereocenters. The van der Waals surface area contributed by atoms with Crippen LogP contribution in [0.5, 0.6) is 0 Å². The summed E-state index contributed by atoms with van der Waals surface area (Å²) in [6.07, 6.45) is -2.95. The van der Waals surface area contributed by atoms with Crippen molar-refractivity contribution in [3.8, 4) is 6.07 Å². The third-order valence-corrected chi connectivity index (χ3v) is 3.85. The Balaban J connectivity index is 2.19. The first-order chi connectivity index (χ1) is 10.8. The van der Waals surface area contributed by atoms with E-state index in [2.05, 4.69) is 0 Å². The van der Waals surface area contributed by atoms with E-state index in [1.165, 1.54) is 11.0 Å². The Labute approximate surface area is 133 Å². The van der Waals surface area contributed by atoms with Gasteiger partial charge in [-0.1, -0.05) is 0 Å².